The molecule has 0 atom stereocenters. The number of imide groups is 1. The highest BCUT2D eigenvalue weighted by Crippen LogP contribution is 2.36. The third-order valence-electron chi connectivity index (χ3n) is 3.87. The molecule has 0 fully saturated rings. The summed E-state index contributed by atoms with van der Waals surface area (Å²) in [6.07, 6.45) is -4.87. The van der Waals surface area contributed by atoms with E-state index in [1.54, 1.807) is 24.3 Å². The van der Waals surface area contributed by atoms with E-state index in [0.29, 0.717) is 11.3 Å². The first-order valence-corrected chi connectivity index (χ1v) is 8.86. The van der Waals surface area contributed by atoms with E-state index < -0.39 is 23.9 Å². The monoisotopic (exact) mass is 425 g/mol. The molecule has 0 aromatic heterocycles. The van der Waals surface area contributed by atoms with Crippen molar-refractivity contribution in [3.05, 3.63) is 59.1 Å². The zero-order chi connectivity index (χ0) is 21.3. The lowest BCUT2D eigenvalue weighted by atomic mass is 10.1. The summed E-state index contributed by atoms with van der Waals surface area (Å²) in [4.78, 5) is 26.1. The van der Waals surface area contributed by atoms with Crippen LogP contribution in [0.4, 0.5) is 18.9 Å². The fraction of sp³-hybridized carbons (Fsp3) is 0.200. The Kier molecular flexibility index (Phi) is 5.57. The minimum atomic E-state index is -4.84. The Morgan fingerprint density at radius 2 is 1.45 bits per heavy atom. The normalized spacial score (nSPS) is 14.8. The van der Waals surface area contributed by atoms with Crippen molar-refractivity contribution < 1.29 is 32.2 Å². The molecule has 0 N–H and O–H groups in total. The summed E-state index contributed by atoms with van der Waals surface area (Å²) in [5.41, 5.74) is 0.495. The Labute approximate surface area is 169 Å². The average molecular weight is 426 g/mol. The summed E-state index contributed by atoms with van der Waals surface area (Å²) in [7, 11) is 0. The van der Waals surface area contributed by atoms with Gasteiger partial charge in [-0.05, 0) is 55.8 Å². The van der Waals surface area contributed by atoms with Crippen molar-refractivity contribution in [2.45, 2.75) is 26.3 Å². The Bertz CT molecular complexity index is 967. The third kappa shape index (κ3) is 4.54. The fourth-order valence-electron chi connectivity index (χ4n) is 2.76. The van der Waals surface area contributed by atoms with E-state index in [1.807, 2.05) is 13.8 Å². The van der Waals surface area contributed by atoms with Crippen LogP contribution >= 0.6 is 11.6 Å². The Balaban J connectivity index is 1.85. The van der Waals surface area contributed by atoms with Crippen LogP contribution in [-0.4, -0.2) is 24.3 Å². The minimum Gasteiger partial charge on any atom is -0.491 e. The van der Waals surface area contributed by atoms with E-state index in [-0.39, 0.29) is 22.4 Å². The summed E-state index contributed by atoms with van der Waals surface area (Å²) in [6, 6.07) is 10.9. The number of benzene rings is 2. The number of ether oxygens (including phenoxy) is 2. The molecule has 1 heterocycles. The molecular formula is C20H15ClF3NO4. The molecule has 2 aromatic rings. The number of nitrogens with zero attached hydrogens (tertiary/aromatic N) is 1. The molecule has 0 saturated heterocycles. The largest absolute Gasteiger partial charge is 0.573 e. The third-order valence-corrected chi connectivity index (χ3v) is 4.22. The number of hydrogen-bond donors (Lipinski definition) is 0. The lowest BCUT2D eigenvalue weighted by Crippen LogP contribution is -2.31. The van der Waals surface area contributed by atoms with Crippen LogP contribution in [0, 0.1) is 0 Å². The summed E-state index contributed by atoms with van der Waals surface area (Å²) in [5.74, 6) is -1.32. The molecule has 1 aliphatic rings. The van der Waals surface area contributed by atoms with Crippen LogP contribution in [0.3, 0.4) is 0 Å². The maximum atomic E-state index is 12.8. The fourth-order valence-corrected chi connectivity index (χ4v) is 3.03. The van der Waals surface area contributed by atoms with Crippen LogP contribution in [0.1, 0.15) is 19.4 Å². The van der Waals surface area contributed by atoms with Gasteiger partial charge in [-0.3, -0.25) is 9.59 Å². The first kappa shape index (κ1) is 20.7. The van der Waals surface area contributed by atoms with E-state index in [9.17, 15) is 22.8 Å². The number of rotatable bonds is 5. The van der Waals surface area contributed by atoms with Crippen molar-refractivity contribution >= 4 is 34.7 Å². The van der Waals surface area contributed by atoms with Crippen molar-refractivity contribution in [3.8, 4) is 11.5 Å². The van der Waals surface area contributed by atoms with Gasteiger partial charge in [0.1, 0.15) is 16.5 Å². The van der Waals surface area contributed by atoms with Gasteiger partial charge in [-0.25, -0.2) is 4.90 Å². The number of hydrogen-bond acceptors (Lipinski definition) is 4. The summed E-state index contributed by atoms with van der Waals surface area (Å²) in [5, 5.41) is -0.275. The highest BCUT2D eigenvalue weighted by molar-refractivity contribution is 6.60. The minimum absolute atomic E-state index is 0.00313. The van der Waals surface area contributed by atoms with E-state index in [2.05, 4.69) is 4.74 Å². The lowest BCUT2D eigenvalue weighted by Gasteiger charge is -2.16. The maximum Gasteiger partial charge on any atom is 0.573 e. The first-order valence-electron chi connectivity index (χ1n) is 8.48. The second-order valence-corrected chi connectivity index (χ2v) is 6.75. The number of anilines is 1. The van der Waals surface area contributed by atoms with Crippen LogP contribution in [0.2, 0.25) is 0 Å². The quantitative estimate of drug-likeness (QED) is 0.640. The van der Waals surface area contributed by atoms with Gasteiger partial charge in [-0.1, -0.05) is 23.7 Å². The molecule has 0 unspecified atom stereocenters. The van der Waals surface area contributed by atoms with Gasteiger partial charge in [0.15, 0.2) is 0 Å². The average Bonchev–Trinajstić information content (AvgIpc) is 2.84. The van der Waals surface area contributed by atoms with Crippen molar-refractivity contribution in [2.75, 3.05) is 4.90 Å². The van der Waals surface area contributed by atoms with E-state index in [0.717, 1.165) is 17.0 Å². The van der Waals surface area contributed by atoms with Gasteiger partial charge in [0.25, 0.3) is 11.8 Å². The molecule has 2 amide bonds. The Morgan fingerprint density at radius 3 is 1.97 bits per heavy atom. The van der Waals surface area contributed by atoms with Crippen molar-refractivity contribution in [1.29, 1.82) is 0 Å². The summed E-state index contributed by atoms with van der Waals surface area (Å²) < 4.78 is 46.2. The molecule has 5 nitrogen and oxygen atoms in total. The number of halogens is 4. The summed E-state index contributed by atoms with van der Waals surface area (Å²) in [6.45, 7) is 3.74. The highest BCUT2D eigenvalue weighted by Gasteiger charge is 2.39. The molecule has 9 heteroatoms. The first-order chi connectivity index (χ1) is 13.6. The predicted molar refractivity (Wildman–Crippen MR) is 101 cm³/mol. The van der Waals surface area contributed by atoms with E-state index in [4.69, 9.17) is 16.3 Å². The second-order valence-electron chi connectivity index (χ2n) is 6.37. The lowest BCUT2D eigenvalue weighted by molar-refractivity contribution is -0.274. The van der Waals surface area contributed by atoms with Gasteiger partial charge in [0.2, 0.25) is 0 Å². The van der Waals surface area contributed by atoms with Gasteiger partial charge in [0, 0.05) is 0 Å². The molecular weight excluding hydrogens is 411 g/mol. The van der Waals surface area contributed by atoms with Gasteiger partial charge in [0.05, 0.1) is 17.4 Å². The molecule has 0 spiro atoms. The van der Waals surface area contributed by atoms with Gasteiger partial charge in [-0.2, -0.15) is 0 Å². The standard InChI is InChI=1S/C20H15ClF3NO4/c1-11(2)28-14-7-3-12(4-8-14)16-17(21)19(27)25(18(16)26)13-5-9-15(10-6-13)29-20(22,23)24/h3-11H,1-2H3. The van der Waals surface area contributed by atoms with Crippen LogP contribution in [0.25, 0.3) is 5.57 Å². The van der Waals surface area contributed by atoms with Gasteiger partial charge < -0.3 is 9.47 Å². The number of carbonyl (C=O) groups excluding carboxylic acids is 2. The van der Waals surface area contributed by atoms with Crippen LogP contribution < -0.4 is 14.4 Å². The van der Waals surface area contributed by atoms with E-state index >= 15 is 0 Å². The molecule has 0 aliphatic carbocycles. The van der Waals surface area contributed by atoms with Crippen molar-refractivity contribution in [2.24, 2.45) is 0 Å². The Hall–Kier alpha value is -3.00. The number of amides is 2. The molecule has 29 heavy (non-hydrogen) atoms. The second kappa shape index (κ2) is 7.79. The number of alkyl halides is 3. The highest BCUT2D eigenvalue weighted by atomic mass is 35.5. The van der Waals surface area contributed by atoms with Crippen molar-refractivity contribution in [1.82, 2.24) is 0 Å². The van der Waals surface area contributed by atoms with Crippen molar-refractivity contribution in [3.63, 3.8) is 0 Å². The number of carbonyl (C=O) groups is 2. The molecule has 0 saturated carbocycles. The predicted octanol–water partition coefficient (Wildman–Crippen LogP) is 4.90. The SMILES string of the molecule is CC(C)Oc1ccc(C2=C(Cl)C(=O)N(c3ccc(OC(F)(F)F)cc3)C2=O)cc1. The van der Waals surface area contributed by atoms with Gasteiger partial charge in [-0.15, -0.1) is 13.2 Å². The molecule has 0 radical (unpaired) electrons. The molecule has 3 rings (SSSR count). The molecule has 2 aromatic carbocycles. The molecule has 0 bridgehead atoms. The van der Waals surface area contributed by atoms with Gasteiger partial charge >= 0.3 is 6.36 Å². The smallest absolute Gasteiger partial charge is 0.491 e. The van der Waals surface area contributed by atoms with Crippen LogP contribution in [-0.2, 0) is 9.59 Å². The van der Waals surface area contributed by atoms with Crippen LogP contribution in [0.15, 0.2) is 53.6 Å². The molecule has 1 aliphatic heterocycles. The molecule has 152 valence electrons. The van der Waals surface area contributed by atoms with E-state index in [1.165, 1.54) is 12.1 Å². The van der Waals surface area contributed by atoms with Crippen LogP contribution in [0.5, 0.6) is 11.5 Å². The zero-order valence-corrected chi connectivity index (χ0v) is 16.0. The Morgan fingerprint density at radius 1 is 0.897 bits per heavy atom. The zero-order valence-electron chi connectivity index (χ0n) is 15.3. The maximum absolute atomic E-state index is 12.8. The topological polar surface area (TPSA) is 55.8 Å². The summed E-state index contributed by atoms with van der Waals surface area (Å²) >= 11 is 6.11.